The fraction of sp³-hybridized carbons (Fsp3) is 0.290. The Morgan fingerprint density at radius 3 is 1.69 bits per heavy atom. The van der Waals surface area contributed by atoms with Gasteiger partial charge in [0.15, 0.2) is 34.5 Å². The molecule has 0 N–H and O–H groups in total. The molecule has 42 heavy (non-hydrogen) atoms. The topological polar surface area (TPSA) is 105 Å². The molecule has 0 radical (unpaired) electrons. The molecule has 220 valence electrons. The maximum Gasteiger partial charge on any atom is 0.203 e. The van der Waals surface area contributed by atoms with Crippen LogP contribution in [-0.4, -0.2) is 64.8 Å². The molecule has 0 amide bonds. The van der Waals surface area contributed by atoms with Gasteiger partial charge in [0.25, 0.3) is 0 Å². The zero-order chi connectivity index (χ0) is 29.8. The third-order valence-electron chi connectivity index (χ3n) is 6.99. The van der Waals surface area contributed by atoms with Crippen molar-refractivity contribution in [3.8, 4) is 46.0 Å². The van der Waals surface area contributed by atoms with Crippen molar-refractivity contribution in [3.63, 3.8) is 0 Å². The van der Waals surface area contributed by atoms with Gasteiger partial charge in [-0.05, 0) is 57.4 Å². The number of rotatable bonds is 12. The molecular weight excluding hydrogens is 542 g/mol. The lowest BCUT2D eigenvalue weighted by atomic mass is 9.96. The Morgan fingerprint density at radius 1 is 0.571 bits per heavy atom. The van der Waals surface area contributed by atoms with Crippen LogP contribution in [0.4, 0.5) is 0 Å². The second kappa shape index (κ2) is 12.2. The number of aromatic nitrogens is 3. The molecule has 0 spiro atoms. The Bertz CT molecular complexity index is 1710. The van der Waals surface area contributed by atoms with E-state index < -0.39 is 0 Å². The van der Waals surface area contributed by atoms with Gasteiger partial charge in [0.05, 0.1) is 62.5 Å². The summed E-state index contributed by atoms with van der Waals surface area (Å²) in [5.41, 5.74) is 1.66. The fourth-order valence-corrected chi connectivity index (χ4v) is 4.97. The molecule has 1 heterocycles. The highest BCUT2D eigenvalue weighted by molar-refractivity contribution is 6.11. The maximum absolute atomic E-state index is 5.98. The van der Waals surface area contributed by atoms with Crippen molar-refractivity contribution in [1.29, 1.82) is 0 Å². The minimum absolute atomic E-state index is 0.194. The summed E-state index contributed by atoms with van der Waals surface area (Å²) in [6.45, 7) is 0.645. The van der Waals surface area contributed by atoms with Crippen molar-refractivity contribution in [2.45, 2.75) is 13.2 Å². The number of methoxy groups -OCH3 is 7. The van der Waals surface area contributed by atoms with Crippen LogP contribution in [0.2, 0.25) is 0 Å². The number of benzene rings is 4. The molecule has 0 saturated heterocycles. The summed E-state index contributed by atoms with van der Waals surface area (Å²) in [6, 6.07) is 13.5. The molecule has 0 atom stereocenters. The van der Waals surface area contributed by atoms with Gasteiger partial charge in [-0.2, -0.15) is 0 Å². The van der Waals surface area contributed by atoms with Gasteiger partial charge in [0.2, 0.25) is 5.75 Å². The molecule has 5 rings (SSSR count). The first-order valence-electron chi connectivity index (χ1n) is 13.0. The third kappa shape index (κ3) is 5.32. The number of nitrogens with zero attached hydrogens (tertiary/aromatic N) is 3. The van der Waals surface area contributed by atoms with Crippen LogP contribution < -0.4 is 37.9 Å². The highest BCUT2D eigenvalue weighted by Gasteiger charge is 2.17. The molecule has 0 aliphatic heterocycles. The quantitative estimate of drug-likeness (QED) is 0.183. The summed E-state index contributed by atoms with van der Waals surface area (Å²) in [7, 11) is 11.2. The molecule has 0 unspecified atom stereocenters. The van der Waals surface area contributed by atoms with Crippen LogP contribution >= 0.6 is 0 Å². The SMILES string of the molecule is COc1cc2cc(Cn3cc(COc4cc(OC)c(OC)c(OC)c4)nn3)c3cc(OC)c(OC)cc3c2cc1OC. The Hall–Kier alpha value is -5.06. The van der Waals surface area contributed by atoms with Crippen molar-refractivity contribution in [2.75, 3.05) is 49.8 Å². The predicted octanol–water partition coefficient (Wildman–Crippen LogP) is 5.27. The molecule has 4 aromatic carbocycles. The normalized spacial score (nSPS) is 10.9. The molecule has 0 aliphatic carbocycles. The van der Waals surface area contributed by atoms with E-state index in [0.717, 1.165) is 27.1 Å². The van der Waals surface area contributed by atoms with Crippen molar-refractivity contribution < 1.29 is 37.9 Å². The van der Waals surface area contributed by atoms with Crippen LogP contribution in [0.15, 0.2) is 48.7 Å². The van der Waals surface area contributed by atoms with Gasteiger partial charge >= 0.3 is 0 Å². The first-order chi connectivity index (χ1) is 20.5. The van der Waals surface area contributed by atoms with E-state index in [1.165, 1.54) is 0 Å². The summed E-state index contributed by atoms with van der Waals surface area (Å²) >= 11 is 0. The van der Waals surface area contributed by atoms with E-state index in [0.29, 0.717) is 58.2 Å². The molecule has 11 nitrogen and oxygen atoms in total. The number of fused-ring (bicyclic) bond motifs is 3. The molecule has 0 bridgehead atoms. The van der Waals surface area contributed by atoms with Crippen LogP contribution in [-0.2, 0) is 13.2 Å². The molecule has 1 aromatic heterocycles. The fourth-order valence-electron chi connectivity index (χ4n) is 4.97. The van der Waals surface area contributed by atoms with Crippen molar-refractivity contribution >= 4 is 21.5 Å². The second-order valence-electron chi connectivity index (χ2n) is 9.27. The standard InChI is InChI=1S/C31H33N3O8/c1-35-25-9-18-8-19(23-13-27(37-3)28(38-4)14-24(23)22(18)12-26(25)36-2)15-34-16-20(32-33-34)17-42-21-10-29(39-5)31(41-7)30(11-21)40-6/h8-14,16H,15,17H2,1-7H3. The van der Waals surface area contributed by atoms with E-state index in [4.69, 9.17) is 37.9 Å². The molecule has 0 saturated carbocycles. The first kappa shape index (κ1) is 28.5. The first-order valence-corrected chi connectivity index (χ1v) is 13.0. The average molecular weight is 576 g/mol. The lowest BCUT2D eigenvalue weighted by Gasteiger charge is -2.16. The Kier molecular flexibility index (Phi) is 8.28. The van der Waals surface area contributed by atoms with Crippen LogP contribution in [0, 0.1) is 0 Å². The van der Waals surface area contributed by atoms with E-state index in [1.54, 1.807) is 66.6 Å². The van der Waals surface area contributed by atoms with Crippen molar-refractivity contribution in [1.82, 2.24) is 15.0 Å². The van der Waals surface area contributed by atoms with Gasteiger partial charge in [-0.15, -0.1) is 5.10 Å². The Morgan fingerprint density at radius 2 is 1.12 bits per heavy atom. The smallest absolute Gasteiger partial charge is 0.203 e. The van der Waals surface area contributed by atoms with Gasteiger partial charge in [-0.1, -0.05) is 5.21 Å². The highest BCUT2D eigenvalue weighted by Crippen LogP contribution is 2.42. The molecule has 0 aliphatic rings. The van der Waals surface area contributed by atoms with Crippen molar-refractivity contribution in [3.05, 3.63) is 59.9 Å². The van der Waals surface area contributed by atoms with Crippen LogP contribution in [0.25, 0.3) is 21.5 Å². The summed E-state index contributed by atoms with van der Waals surface area (Å²) in [4.78, 5) is 0. The van der Waals surface area contributed by atoms with Gasteiger partial charge in [-0.3, -0.25) is 0 Å². The van der Waals surface area contributed by atoms with Gasteiger partial charge in [-0.25, -0.2) is 4.68 Å². The summed E-state index contributed by atoms with van der Waals surface area (Å²) < 4.78 is 46.4. The minimum atomic E-state index is 0.194. The Labute approximate surface area is 243 Å². The molecule has 11 heteroatoms. The summed E-state index contributed by atoms with van der Waals surface area (Å²) in [5.74, 6) is 4.58. The lowest BCUT2D eigenvalue weighted by Crippen LogP contribution is -2.02. The Balaban J connectivity index is 1.49. The zero-order valence-corrected chi connectivity index (χ0v) is 24.6. The number of hydrogen-bond donors (Lipinski definition) is 0. The maximum atomic E-state index is 5.98. The van der Waals surface area contributed by atoms with E-state index in [-0.39, 0.29) is 6.61 Å². The van der Waals surface area contributed by atoms with Crippen LogP contribution in [0.1, 0.15) is 11.3 Å². The van der Waals surface area contributed by atoms with Crippen molar-refractivity contribution in [2.24, 2.45) is 0 Å². The summed E-state index contributed by atoms with van der Waals surface area (Å²) in [5, 5.41) is 12.6. The average Bonchev–Trinajstić information content (AvgIpc) is 3.48. The highest BCUT2D eigenvalue weighted by atomic mass is 16.5. The predicted molar refractivity (Wildman–Crippen MR) is 157 cm³/mol. The molecular formula is C31H33N3O8. The number of hydrogen-bond acceptors (Lipinski definition) is 10. The van der Waals surface area contributed by atoms with E-state index in [2.05, 4.69) is 16.4 Å². The van der Waals surface area contributed by atoms with Gasteiger partial charge in [0, 0.05) is 12.1 Å². The van der Waals surface area contributed by atoms with E-state index in [9.17, 15) is 0 Å². The number of ether oxygens (including phenoxy) is 8. The molecule has 5 aromatic rings. The van der Waals surface area contributed by atoms with Gasteiger partial charge < -0.3 is 37.9 Å². The third-order valence-corrected chi connectivity index (χ3v) is 6.99. The minimum Gasteiger partial charge on any atom is -0.493 e. The second-order valence-corrected chi connectivity index (χ2v) is 9.27. The van der Waals surface area contributed by atoms with Crippen LogP contribution in [0.5, 0.6) is 46.0 Å². The van der Waals surface area contributed by atoms with Gasteiger partial charge in [0.1, 0.15) is 18.1 Å². The zero-order valence-electron chi connectivity index (χ0n) is 24.6. The van der Waals surface area contributed by atoms with E-state index >= 15 is 0 Å². The largest absolute Gasteiger partial charge is 0.493 e. The lowest BCUT2D eigenvalue weighted by molar-refractivity contribution is 0.288. The van der Waals surface area contributed by atoms with E-state index in [1.807, 2.05) is 30.5 Å². The molecule has 0 fully saturated rings. The van der Waals surface area contributed by atoms with Crippen LogP contribution in [0.3, 0.4) is 0 Å². The summed E-state index contributed by atoms with van der Waals surface area (Å²) in [6.07, 6.45) is 1.85. The monoisotopic (exact) mass is 575 g/mol.